The third-order valence-electron chi connectivity index (χ3n) is 1.42. The monoisotopic (exact) mass is 122 g/mol. The molecule has 0 aliphatic carbocycles. The summed E-state index contributed by atoms with van der Waals surface area (Å²) in [7, 11) is 1.87. The van der Waals surface area contributed by atoms with Gasteiger partial charge < -0.3 is 0 Å². The number of hydrogen-bond acceptors (Lipinski definition) is 1. The first-order valence-corrected chi connectivity index (χ1v) is 3.34. The van der Waals surface area contributed by atoms with E-state index >= 15 is 0 Å². The van der Waals surface area contributed by atoms with Crippen LogP contribution in [0, 0.1) is 0 Å². The van der Waals surface area contributed by atoms with E-state index in [0.29, 0.717) is 0 Å². The molecule has 0 saturated heterocycles. The van der Waals surface area contributed by atoms with Gasteiger partial charge in [0.25, 0.3) is 0 Å². The van der Waals surface area contributed by atoms with Crippen LogP contribution in [-0.4, -0.2) is 19.2 Å². The zero-order valence-corrected chi connectivity index (χ0v) is 5.60. The summed E-state index contributed by atoms with van der Waals surface area (Å²) in [6, 6.07) is 0. The zero-order chi connectivity index (χ0) is 6.53. The molecule has 0 atom stereocenters. The van der Waals surface area contributed by atoms with Crippen LogP contribution in [0.25, 0.3) is 0 Å². The Labute approximate surface area is 56.7 Å². The van der Waals surface area contributed by atoms with Gasteiger partial charge in [-0.1, -0.05) is 0 Å². The van der Waals surface area contributed by atoms with E-state index in [1.54, 1.807) is 0 Å². The topological polar surface area (TPSA) is 9.23 Å². The molecular formula is C7H11BO. The summed E-state index contributed by atoms with van der Waals surface area (Å²) in [6.45, 7) is 4.55. The van der Waals surface area contributed by atoms with Crippen LogP contribution >= 0.6 is 0 Å². The molecule has 0 fully saturated rings. The van der Waals surface area contributed by atoms with Gasteiger partial charge in [0.05, 0.1) is 0 Å². The van der Waals surface area contributed by atoms with Gasteiger partial charge in [-0.25, -0.2) is 0 Å². The first-order chi connectivity index (χ1) is 4.43. The molecule has 1 aliphatic rings. The van der Waals surface area contributed by atoms with E-state index in [1.165, 1.54) is 18.3 Å². The summed E-state index contributed by atoms with van der Waals surface area (Å²) in [5, 5.41) is 0. The fourth-order valence-electron chi connectivity index (χ4n) is 0.954. The van der Waals surface area contributed by atoms with Crippen molar-refractivity contribution in [2.45, 2.75) is 19.3 Å². The minimum absolute atomic E-state index is 0.890. The Morgan fingerprint density at radius 1 is 1.78 bits per heavy atom. The Morgan fingerprint density at radius 3 is 3.22 bits per heavy atom. The van der Waals surface area contributed by atoms with E-state index in [4.69, 9.17) is 4.65 Å². The molecule has 1 aliphatic heterocycles. The summed E-state index contributed by atoms with van der Waals surface area (Å²) in [5.41, 5.74) is 1.37. The molecule has 0 amide bonds. The molecule has 0 unspecified atom stereocenters. The molecule has 0 saturated carbocycles. The van der Waals surface area contributed by atoms with Crippen molar-refractivity contribution in [3.05, 3.63) is 12.7 Å². The summed E-state index contributed by atoms with van der Waals surface area (Å²) in [6.07, 6.45) is 5.26. The van der Waals surface area contributed by atoms with E-state index in [9.17, 15) is 0 Å². The van der Waals surface area contributed by atoms with Gasteiger partial charge in [0.15, 0.2) is 0 Å². The molecule has 0 radical (unpaired) electrons. The normalized spacial score (nSPS) is 17.1. The molecule has 0 N–H and O–H groups in total. The van der Waals surface area contributed by atoms with Crippen LogP contribution in [0.4, 0.5) is 0 Å². The van der Waals surface area contributed by atoms with Crippen molar-refractivity contribution >= 4 is 12.6 Å². The Bertz CT molecular complexity index is 129. The molecular weight excluding hydrogens is 111 g/mol. The quantitative estimate of drug-likeness (QED) is 0.394. The summed E-state index contributed by atoms with van der Waals surface area (Å²) in [4.78, 5) is 0. The molecule has 0 spiro atoms. The molecule has 48 valence electrons. The van der Waals surface area contributed by atoms with E-state index in [2.05, 4.69) is 6.58 Å². The van der Waals surface area contributed by atoms with Crippen molar-refractivity contribution in [1.82, 2.24) is 0 Å². The third kappa shape index (κ3) is 2.04. The van der Waals surface area contributed by atoms with Crippen molar-refractivity contribution in [2.24, 2.45) is 0 Å². The second-order valence-electron chi connectivity index (χ2n) is 2.24. The minimum atomic E-state index is 0.890. The van der Waals surface area contributed by atoms with E-state index in [0.717, 1.165) is 13.0 Å². The van der Waals surface area contributed by atoms with Crippen molar-refractivity contribution in [1.29, 1.82) is 0 Å². The zero-order valence-electron chi connectivity index (χ0n) is 5.60. The van der Waals surface area contributed by atoms with Crippen molar-refractivity contribution in [3.63, 3.8) is 0 Å². The van der Waals surface area contributed by atoms with Gasteiger partial charge in [-0.15, -0.1) is 0 Å². The standard InChI is InChI=1S/C7H11BO/c1-2-4-7-5-3-6-9-8-7/h2H,1,3-6H2. The van der Waals surface area contributed by atoms with Gasteiger partial charge >= 0.3 is 55.8 Å². The fraction of sp³-hybridized carbons (Fsp3) is 0.571. The molecule has 0 bridgehead atoms. The van der Waals surface area contributed by atoms with Gasteiger partial charge in [0.2, 0.25) is 0 Å². The van der Waals surface area contributed by atoms with Gasteiger partial charge in [-0.05, 0) is 0 Å². The van der Waals surface area contributed by atoms with Gasteiger partial charge in [0.1, 0.15) is 0 Å². The molecule has 1 rings (SSSR count). The molecule has 1 heterocycles. The Hall–Kier alpha value is -0.525. The Morgan fingerprint density at radius 2 is 2.67 bits per heavy atom. The van der Waals surface area contributed by atoms with Crippen LogP contribution < -0.4 is 0 Å². The second-order valence-corrected chi connectivity index (χ2v) is 2.24. The van der Waals surface area contributed by atoms with Crippen LogP contribution in [0.1, 0.15) is 19.3 Å². The summed E-state index contributed by atoms with van der Waals surface area (Å²) < 4.78 is 5.12. The van der Waals surface area contributed by atoms with Crippen molar-refractivity contribution < 1.29 is 4.65 Å². The Balaban J connectivity index is 2.36. The maximum atomic E-state index is 5.12. The van der Waals surface area contributed by atoms with E-state index in [-0.39, 0.29) is 0 Å². The molecule has 0 aromatic rings. The number of hydrogen-bond donors (Lipinski definition) is 0. The average Bonchev–Trinajstić information content (AvgIpc) is 1.91. The van der Waals surface area contributed by atoms with Crippen LogP contribution in [-0.2, 0) is 4.65 Å². The van der Waals surface area contributed by atoms with E-state index in [1.807, 2.05) is 13.2 Å². The predicted molar refractivity (Wildman–Crippen MR) is 40.8 cm³/mol. The predicted octanol–water partition coefficient (Wildman–Crippen LogP) is 1.16. The van der Waals surface area contributed by atoms with Gasteiger partial charge in [0, 0.05) is 0 Å². The summed E-state index contributed by atoms with van der Waals surface area (Å²) >= 11 is 0. The van der Waals surface area contributed by atoms with Crippen molar-refractivity contribution in [2.75, 3.05) is 6.61 Å². The first-order valence-electron chi connectivity index (χ1n) is 3.34. The maximum absolute atomic E-state index is 5.12. The number of allylic oxidation sites excluding steroid dienone is 1. The van der Waals surface area contributed by atoms with Crippen LogP contribution in [0.5, 0.6) is 0 Å². The second kappa shape index (κ2) is 3.49. The summed E-state index contributed by atoms with van der Waals surface area (Å²) in [5.74, 6) is 0. The first kappa shape index (κ1) is 6.59. The molecule has 1 nitrogen and oxygen atoms in total. The average molecular weight is 122 g/mol. The van der Waals surface area contributed by atoms with Gasteiger partial charge in [-0.3, -0.25) is 0 Å². The Kier molecular flexibility index (Phi) is 2.56. The molecule has 0 aromatic heterocycles. The van der Waals surface area contributed by atoms with E-state index < -0.39 is 0 Å². The molecule has 9 heavy (non-hydrogen) atoms. The SMILES string of the molecule is C=CCC1=BOCCC1. The molecule has 2 heteroatoms. The van der Waals surface area contributed by atoms with Crippen LogP contribution in [0.3, 0.4) is 0 Å². The van der Waals surface area contributed by atoms with Gasteiger partial charge in [-0.2, -0.15) is 0 Å². The number of rotatable bonds is 2. The van der Waals surface area contributed by atoms with Crippen LogP contribution in [0.2, 0.25) is 0 Å². The van der Waals surface area contributed by atoms with Crippen molar-refractivity contribution in [3.8, 4) is 0 Å². The van der Waals surface area contributed by atoms with Crippen LogP contribution in [0.15, 0.2) is 12.7 Å². The molecule has 0 aromatic carbocycles. The fourth-order valence-corrected chi connectivity index (χ4v) is 0.954. The third-order valence-corrected chi connectivity index (χ3v) is 1.42.